The van der Waals surface area contributed by atoms with E-state index in [1.54, 1.807) is 18.2 Å². The second kappa shape index (κ2) is 9.28. The number of aromatic nitrogens is 1. The van der Waals surface area contributed by atoms with Gasteiger partial charge in [0.05, 0.1) is 23.4 Å². The van der Waals surface area contributed by atoms with Crippen LogP contribution in [0.2, 0.25) is 0 Å². The van der Waals surface area contributed by atoms with Gasteiger partial charge in [-0.2, -0.15) is 4.99 Å². The maximum Gasteiger partial charge on any atom is 0.349 e. The Balaban J connectivity index is 1.81. The number of ether oxygens (including phenoxy) is 2. The lowest BCUT2D eigenvalue weighted by Gasteiger charge is -2.06. The number of rotatable bonds is 7. The first-order valence-electron chi connectivity index (χ1n) is 10.1. The number of carbonyl (C=O) groups is 1. The van der Waals surface area contributed by atoms with E-state index in [-0.39, 0.29) is 5.56 Å². The van der Waals surface area contributed by atoms with Gasteiger partial charge in [-0.15, -0.1) is 0 Å². The van der Waals surface area contributed by atoms with E-state index >= 15 is 0 Å². The van der Waals surface area contributed by atoms with E-state index in [2.05, 4.69) is 4.99 Å². The molecular weight excluding hydrogens is 416 g/mol. The highest BCUT2D eigenvalue weighted by Crippen LogP contribution is 2.23. The molecule has 2 heterocycles. The van der Waals surface area contributed by atoms with Gasteiger partial charge >= 0.3 is 5.63 Å². The molecule has 160 valence electrons. The number of hydrogen-bond donors (Lipinski definition) is 0. The summed E-state index contributed by atoms with van der Waals surface area (Å²) in [5.41, 5.74) is 0.557. The molecule has 31 heavy (non-hydrogen) atoms. The Bertz CT molecular complexity index is 1370. The lowest BCUT2D eigenvalue weighted by molar-refractivity contribution is 0.0993. The predicted octanol–water partition coefficient (Wildman–Crippen LogP) is 3.99. The van der Waals surface area contributed by atoms with E-state index in [0.29, 0.717) is 42.1 Å². The van der Waals surface area contributed by atoms with Gasteiger partial charge in [-0.1, -0.05) is 29.5 Å². The standard InChI is InChI=1S/C23H22N2O5S/c1-3-28-12-11-25-18-10-9-16(29-4-2)14-20(18)31-23(25)24-21(26)17-13-15-7-5-6-8-19(15)30-22(17)27/h5-10,13-14H,3-4,11-12H2,1-2H3. The molecule has 0 radical (unpaired) electrons. The fourth-order valence-corrected chi connectivity index (χ4v) is 4.35. The van der Waals surface area contributed by atoms with Gasteiger partial charge in [0.25, 0.3) is 5.91 Å². The number of fused-ring (bicyclic) bond motifs is 2. The monoisotopic (exact) mass is 438 g/mol. The Morgan fingerprint density at radius 3 is 2.77 bits per heavy atom. The van der Waals surface area contributed by atoms with E-state index in [1.807, 2.05) is 42.7 Å². The van der Waals surface area contributed by atoms with Crippen LogP contribution in [-0.4, -0.2) is 30.3 Å². The SMILES string of the molecule is CCOCCn1c(=NC(=O)c2cc3ccccc3oc2=O)sc2cc(OCC)ccc21. The smallest absolute Gasteiger partial charge is 0.349 e. The van der Waals surface area contributed by atoms with Crippen molar-refractivity contribution in [2.24, 2.45) is 4.99 Å². The quantitative estimate of drug-likeness (QED) is 0.322. The maximum absolute atomic E-state index is 12.9. The van der Waals surface area contributed by atoms with Crippen molar-refractivity contribution in [2.45, 2.75) is 20.4 Å². The number of benzene rings is 2. The molecule has 0 aliphatic carbocycles. The van der Waals surface area contributed by atoms with Crippen molar-refractivity contribution in [1.82, 2.24) is 4.57 Å². The summed E-state index contributed by atoms with van der Waals surface area (Å²) in [5, 5.41) is 0.669. The van der Waals surface area contributed by atoms with Gasteiger partial charge in [-0.3, -0.25) is 4.79 Å². The lowest BCUT2D eigenvalue weighted by atomic mass is 10.2. The molecule has 2 aromatic heterocycles. The number of thiazole rings is 1. The lowest BCUT2D eigenvalue weighted by Crippen LogP contribution is -2.21. The number of para-hydroxylation sites is 1. The Morgan fingerprint density at radius 2 is 1.97 bits per heavy atom. The van der Waals surface area contributed by atoms with Crippen molar-refractivity contribution >= 4 is 38.4 Å². The molecule has 0 fully saturated rings. The number of carbonyl (C=O) groups excluding carboxylic acids is 1. The van der Waals surface area contributed by atoms with Crippen LogP contribution in [0.1, 0.15) is 24.2 Å². The van der Waals surface area contributed by atoms with Crippen LogP contribution in [0.3, 0.4) is 0 Å². The molecule has 0 saturated heterocycles. The van der Waals surface area contributed by atoms with Crippen molar-refractivity contribution in [3.8, 4) is 5.75 Å². The normalized spacial score (nSPS) is 12.0. The first-order chi connectivity index (χ1) is 15.1. The van der Waals surface area contributed by atoms with Crippen LogP contribution in [0.5, 0.6) is 5.75 Å². The third-order valence-corrected chi connectivity index (χ3v) is 5.74. The average Bonchev–Trinajstić information content (AvgIpc) is 3.10. The van der Waals surface area contributed by atoms with Crippen LogP contribution in [0.25, 0.3) is 21.2 Å². The zero-order valence-electron chi connectivity index (χ0n) is 17.3. The van der Waals surface area contributed by atoms with Gasteiger partial charge in [-0.05, 0) is 44.2 Å². The summed E-state index contributed by atoms with van der Waals surface area (Å²) in [7, 11) is 0. The molecule has 0 aliphatic rings. The Kier molecular flexibility index (Phi) is 6.29. The molecular formula is C23H22N2O5S. The average molecular weight is 439 g/mol. The Hall–Kier alpha value is -3.23. The summed E-state index contributed by atoms with van der Waals surface area (Å²) in [6.07, 6.45) is 0. The molecule has 0 unspecified atom stereocenters. The van der Waals surface area contributed by atoms with Crippen molar-refractivity contribution in [3.63, 3.8) is 0 Å². The zero-order chi connectivity index (χ0) is 21.8. The molecule has 2 aromatic carbocycles. The highest BCUT2D eigenvalue weighted by molar-refractivity contribution is 7.16. The third-order valence-electron chi connectivity index (χ3n) is 4.70. The van der Waals surface area contributed by atoms with Crippen LogP contribution < -0.4 is 15.2 Å². The third kappa shape index (κ3) is 4.45. The molecule has 0 spiro atoms. The largest absolute Gasteiger partial charge is 0.494 e. The molecule has 7 nitrogen and oxygen atoms in total. The summed E-state index contributed by atoms with van der Waals surface area (Å²) in [4.78, 5) is 30.0. The van der Waals surface area contributed by atoms with E-state index < -0.39 is 11.5 Å². The molecule has 4 aromatic rings. The zero-order valence-corrected chi connectivity index (χ0v) is 18.1. The second-order valence-electron chi connectivity index (χ2n) is 6.70. The number of nitrogens with zero attached hydrogens (tertiary/aromatic N) is 2. The van der Waals surface area contributed by atoms with Crippen LogP contribution in [0, 0.1) is 0 Å². The molecule has 4 rings (SSSR count). The first-order valence-corrected chi connectivity index (χ1v) is 10.9. The summed E-state index contributed by atoms with van der Waals surface area (Å²) in [5.74, 6) is 0.113. The Labute approximate surface area is 182 Å². The van der Waals surface area contributed by atoms with Crippen LogP contribution >= 0.6 is 11.3 Å². The van der Waals surface area contributed by atoms with Crippen molar-refractivity contribution in [1.29, 1.82) is 0 Å². The number of amides is 1. The summed E-state index contributed by atoms with van der Waals surface area (Å²) >= 11 is 1.36. The maximum atomic E-state index is 12.9. The fourth-order valence-electron chi connectivity index (χ4n) is 3.27. The molecule has 0 bridgehead atoms. The van der Waals surface area contributed by atoms with Gasteiger partial charge in [0, 0.05) is 18.5 Å². The van der Waals surface area contributed by atoms with Crippen LogP contribution in [0.15, 0.2) is 62.7 Å². The van der Waals surface area contributed by atoms with E-state index in [9.17, 15) is 9.59 Å². The van der Waals surface area contributed by atoms with Gasteiger partial charge in [0.1, 0.15) is 16.9 Å². The van der Waals surface area contributed by atoms with E-state index in [1.165, 1.54) is 17.4 Å². The van der Waals surface area contributed by atoms with E-state index in [4.69, 9.17) is 13.9 Å². The molecule has 1 amide bonds. The summed E-state index contributed by atoms with van der Waals surface area (Å²) in [6, 6.07) is 14.3. The van der Waals surface area contributed by atoms with Crippen molar-refractivity contribution in [2.75, 3.05) is 19.8 Å². The summed E-state index contributed by atoms with van der Waals surface area (Å²) in [6.45, 7) is 6.03. The van der Waals surface area contributed by atoms with Gasteiger partial charge in [0.15, 0.2) is 4.80 Å². The highest BCUT2D eigenvalue weighted by atomic mass is 32.1. The van der Waals surface area contributed by atoms with Gasteiger partial charge < -0.3 is 18.5 Å². The molecule has 0 saturated carbocycles. The summed E-state index contributed by atoms with van der Waals surface area (Å²) < 4.78 is 19.2. The topological polar surface area (TPSA) is 83.0 Å². The highest BCUT2D eigenvalue weighted by Gasteiger charge is 2.15. The second-order valence-corrected chi connectivity index (χ2v) is 7.71. The molecule has 8 heteroatoms. The van der Waals surface area contributed by atoms with Crippen LogP contribution in [0.4, 0.5) is 0 Å². The Morgan fingerprint density at radius 1 is 1.13 bits per heavy atom. The minimum Gasteiger partial charge on any atom is -0.494 e. The minimum atomic E-state index is -0.701. The molecule has 0 atom stereocenters. The van der Waals surface area contributed by atoms with Crippen molar-refractivity contribution in [3.05, 3.63) is 69.3 Å². The number of hydrogen-bond acceptors (Lipinski definition) is 6. The van der Waals surface area contributed by atoms with Crippen molar-refractivity contribution < 1.29 is 18.7 Å². The van der Waals surface area contributed by atoms with E-state index in [0.717, 1.165) is 16.0 Å². The minimum absolute atomic E-state index is 0.0949. The van der Waals surface area contributed by atoms with Gasteiger partial charge in [-0.25, -0.2) is 4.79 Å². The molecule has 0 aliphatic heterocycles. The van der Waals surface area contributed by atoms with Crippen LogP contribution in [-0.2, 0) is 11.3 Å². The first kappa shape index (κ1) is 21.0. The fraction of sp³-hybridized carbons (Fsp3) is 0.261. The predicted molar refractivity (Wildman–Crippen MR) is 120 cm³/mol. The molecule has 0 N–H and O–H groups in total. The van der Waals surface area contributed by atoms with Gasteiger partial charge in [0.2, 0.25) is 0 Å².